The van der Waals surface area contributed by atoms with Gasteiger partial charge >= 0.3 is 0 Å². The third-order valence-electron chi connectivity index (χ3n) is 2.54. The maximum absolute atomic E-state index is 5.93. The molecule has 80 valence electrons. The molecular weight excluding hydrogens is 182 g/mol. The largest absolute Gasteiger partial charge is 0.324 e. The molecule has 15 heavy (non-hydrogen) atoms. The molecule has 1 nitrogen and oxygen atoms in total. The molecule has 0 aliphatic carbocycles. The van der Waals surface area contributed by atoms with E-state index < -0.39 is 0 Å². The van der Waals surface area contributed by atoms with Crippen LogP contribution >= 0.6 is 0 Å². The van der Waals surface area contributed by atoms with Crippen molar-refractivity contribution in [2.45, 2.75) is 26.3 Å². The smallest absolute Gasteiger partial charge is 0.0289 e. The van der Waals surface area contributed by atoms with Crippen molar-refractivity contribution in [2.24, 2.45) is 5.73 Å². The molecule has 0 spiro atoms. The van der Waals surface area contributed by atoms with Crippen molar-refractivity contribution in [3.8, 4) is 0 Å². The third-order valence-corrected chi connectivity index (χ3v) is 2.54. The lowest BCUT2D eigenvalue weighted by atomic mass is 9.99. The first-order valence-corrected chi connectivity index (χ1v) is 5.16. The van der Waals surface area contributed by atoms with Gasteiger partial charge in [-0.3, -0.25) is 0 Å². The number of nitrogens with two attached hydrogens (primary N) is 1. The Labute approximate surface area is 92.3 Å². The van der Waals surface area contributed by atoms with Crippen molar-refractivity contribution < 1.29 is 0 Å². The number of hydrogen-bond donors (Lipinski definition) is 1. The summed E-state index contributed by atoms with van der Waals surface area (Å²) in [5.41, 5.74) is 10.5. The number of hydrogen-bond acceptors (Lipinski definition) is 1. The zero-order valence-corrected chi connectivity index (χ0v) is 9.59. The summed E-state index contributed by atoms with van der Waals surface area (Å²) in [6.07, 6.45) is 0.853. The zero-order valence-electron chi connectivity index (χ0n) is 9.59. The first kappa shape index (κ1) is 11.7. The van der Waals surface area contributed by atoms with Gasteiger partial charge in [-0.15, -0.1) is 0 Å². The molecule has 0 fully saturated rings. The van der Waals surface area contributed by atoms with Crippen molar-refractivity contribution in [3.05, 3.63) is 54.1 Å². The molecule has 0 aliphatic rings. The average molecular weight is 201 g/mol. The second-order valence-electron chi connectivity index (χ2n) is 4.13. The minimum absolute atomic E-state index is 0.0562. The predicted octanol–water partition coefficient (Wildman–Crippen LogP) is 3.17. The van der Waals surface area contributed by atoms with E-state index in [1.165, 1.54) is 11.1 Å². The van der Waals surface area contributed by atoms with Crippen LogP contribution in [0.4, 0.5) is 0 Å². The van der Waals surface area contributed by atoms with Crippen LogP contribution < -0.4 is 5.73 Å². The molecule has 1 rings (SSSR count). The molecule has 0 bridgehead atoms. The molecule has 0 amide bonds. The fourth-order valence-corrected chi connectivity index (χ4v) is 1.35. The van der Waals surface area contributed by atoms with Crippen LogP contribution in [-0.2, 0) is 6.42 Å². The molecule has 1 unspecified atom stereocenters. The summed E-state index contributed by atoms with van der Waals surface area (Å²) < 4.78 is 0. The highest BCUT2D eigenvalue weighted by Crippen LogP contribution is 2.14. The molecular formula is C14H19N. The van der Waals surface area contributed by atoms with E-state index in [1.807, 2.05) is 13.8 Å². The minimum Gasteiger partial charge on any atom is -0.324 e. The van der Waals surface area contributed by atoms with E-state index in [9.17, 15) is 0 Å². The van der Waals surface area contributed by atoms with E-state index in [0.717, 1.165) is 17.6 Å². The molecule has 0 saturated heterocycles. The Morgan fingerprint density at radius 1 is 1.20 bits per heavy atom. The van der Waals surface area contributed by atoms with E-state index >= 15 is 0 Å². The van der Waals surface area contributed by atoms with Crippen molar-refractivity contribution in [1.29, 1.82) is 0 Å². The maximum atomic E-state index is 5.93. The summed E-state index contributed by atoms with van der Waals surface area (Å²) in [7, 11) is 0. The van der Waals surface area contributed by atoms with Crippen LogP contribution in [0, 0.1) is 0 Å². The van der Waals surface area contributed by atoms with Gasteiger partial charge in [-0.25, -0.2) is 0 Å². The lowest BCUT2D eigenvalue weighted by Crippen LogP contribution is -2.23. The molecule has 0 aromatic heterocycles. The fourth-order valence-electron chi connectivity index (χ4n) is 1.35. The Morgan fingerprint density at radius 3 is 2.13 bits per heavy atom. The van der Waals surface area contributed by atoms with Gasteiger partial charge in [0.1, 0.15) is 0 Å². The van der Waals surface area contributed by atoms with Crippen LogP contribution in [0.25, 0.3) is 5.57 Å². The van der Waals surface area contributed by atoms with E-state index in [4.69, 9.17) is 5.73 Å². The quantitative estimate of drug-likeness (QED) is 0.744. The monoisotopic (exact) mass is 201 g/mol. The highest BCUT2D eigenvalue weighted by Gasteiger charge is 2.04. The summed E-state index contributed by atoms with van der Waals surface area (Å²) in [6, 6.07) is 8.44. The zero-order chi connectivity index (χ0) is 11.4. The summed E-state index contributed by atoms with van der Waals surface area (Å²) in [5.74, 6) is 0. The standard InChI is InChI=1S/C14H19N/c1-10(2)13-7-5-12(6-8-13)9-14(15)11(3)4/h5-8,14H,1,3,9,15H2,2,4H3. The van der Waals surface area contributed by atoms with E-state index in [-0.39, 0.29) is 6.04 Å². The second kappa shape index (κ2) is 4.94. The first-order chi connectivity index (χ1) is 7.00. The molecule has 1 heteroatoms. The normalized spacial score (nSPS) is 12.2. The Kier molecular flexibility index (Phi) is 3.87. The number of benzene rings is 1. The number of rotatable bonds is 4. The van der Waals surface area contributed by atoms with Crippen molar-refractivity contribution >= 4 is 5.57 Å². The second-order valence-corrected chi connectivity index (χ2v) is 4.13. The molecule has 0 aliphatic heterocycles. The van der Waals surface area contributed by atoms with Gasteiger partial charge in [0.05, 0.1) is 0 Å². The lowest BCUT2D eigenvalue weighted by molar-refractivity contribution is 0.766. The minimum atomic E-state index is 0.0562. The van der Waals surface area contributed by atoms with Crippen LogP contribution in [0.1, 0.15) is 25.0 Å². The van der Waals surface area contributed by atoms with Gasteiger partial charge in [0.25, 0.3) is 0 Å². The van der Waals surface area contributed by atoms with Gasteiger partial charge in [-0.2, -0.15) is 0 Å². The molecule has 0 saturated carbocycles. The van der Waals surface area contributed by atoms with Gasteiger partial charge < -0.3 is 5.73 Å². The Bertz CT molecular complexity index is 359. The van der Waals surface area contributed by atoms with Crippen LogP contribution in [-0.4, -0.2) is 6.04 Å². The highest BCUT2D eigenvalue weighted by atomic mass is 14.6. The van der Waals surface area contributed by atoms with Crippen LogP contribution in [0.2, 0.25) is 0 Å². The molecule has 0 radical (unpaired) electrons. The molecule has 0 heterocycles. The van der Waals surface area contributed by atoms with E-state index in [2.05, 4.69) is 37.4 Å². The molecule has 1 atom stereocenters. The van der Waals surface area contributed by atoms with Crippen LogP contribution in [0.5, 0.6) is 0 Å². The van der Waals surface area contributed by atoms with Gasteiger partial charge in [0.2, 0.25) is 0 Å². The molecule has 1 aromatic carbocycles. The average Bonchev–Trinajstić information content (AvgIpc) is 2.18. The molecule has 1 aromatic rings. The summed E-state index contributed by atoms with van der Waals surface area (Å²) in [6.45, 7) is 11.7. The van der Waals surface area contributed by atoms with Gasteiger partial charge in [0, 0.05) is 6.04 Å². The predicted molar refractivity (Wildman–Crippen MR) is 67.6 cm³/mol. The first-order valence-electron chi connectivity index (χ1n) is 5.16. The maximum Gasteiger partial charge on any atom is 0.0289 e. The van der Waals surface area contributed by atoms with Crippen molar-refractivity contribution in [2.75, 3.05) is 0 Å². The summed E-state index contributed by atoms with van der Waals surface area (Å²) in [5, 5.41) is 0. The Morgan fingerprint density at radius 2 is 1.73 bits per heavy atom. The van der Waals surface area contributed by atoms with E-state index in [1.54, 1.807) is 0 Å². The summed E-state index contributed by atoms with van der Waals surface area (Å²) in [4.78, 5) is 0. The fraction of sp³-hybridized carbons (Fsp3) is 0.286. The van der Waals surface area contributed by atoms with Crippen molar-refractivity contribution in [3.63, 3.8) is 0 Å². The number of allylic oxidation sites excluding steroid dienone is 1. The SMILES string of the molecule is C=C(C)c1ccc(CC(N)C(=C)C)cc1. The molecule has 2 N–H and O–H groups in total. The third kappa shape index (κ3) is 3.37. The van der Waals surface area contributed by atoms with Gasteiger partial charge in [0.15, 0.2) is 0 Å². The Hall–Kier alpha value is -1.34. The van der Waals surface area contributed by atoms with Gasteiger partial charge in [-0.1, -0.05) is 48.6 Å². The lowest BCUT2D eigenvalue weighted by Gasteiger charge is -2.11. The van der Waals surface area contributed by atoms with Crippen LogP contribution in [0.3, 0.4) is 0 Å². The highest BCUT2D eigenvalue weighted by molar-refractivity contribution is 5.61. The van der Waals surface area contributed by atoms with Crippen molar-refractivity contribution in [1.82, 2.24) is 0 Å². The van der Waals surface area contributed by atoms with Crippen LogP contribution in [0.15, 0.2) is 43.0 Å². The van der Waals surface area contributed by atoms with Gasteiger partial charge in [-0.05, 0) is 31.4 Å². The van der Waals surface area contributed by atoms with E-state index in [0.29, 0.717) is 0 Å². The topological polar surface area (TPSA) is 26.0 Å². The Balaban J connectivity index is 2.72. The summed E-state index contributed by atoms with van der Waals surface area (Å²) >= 11 is 0.